The number of rotatable bonds is 14. The van der Waals surface area contributed by atoms with Crippen LogP contribution in [0.4, 0.5) is 11.6 Å². The molecule has 2 heterocycles. The molecule has 0 saturated carbocycles. The van der Waals surface area contributed by atoms with Crippen molar-refractivity contribution in [2.75, 3.05) is 42.6 Å². The monoisotopic (exact) mass is 550 g/mol. The average Bonchev–Trinajstić information content (AvgIpc) is 3.38. The van der Waals surface area contributed by atoms with Crippen molar-refractivity contribution in [1.29, 1.82) is 0 Å². The van der Waals surface area contributed by atoms with Crippen molar-refractivity contribution in [3.63, 3.8) is 0 Å². The van der Waals surface area contributed by atoms with Crippen LogP contribution in [-0.4, -0.2) is 59.0 Å². The lowest BCUT2D eigenvalue weighted by atomic mass is 10.1. The van der Waals surface area contributed by atoms with Gasteiger partial charge in [-0.1, -0.05) is 39.6 Å². The number of nitrogens with zero attached hydrogens (tertiary/aromatic N) is 2. The Morgan fingerprint density at radius 2 is 1.67 bits per heavy atom. The summed E-state index contributed by atoms with van der Waals surface area (Å²) >= 11 is 6.04. The molecule has 11 heteroatoms. The molecular weight excluding hydrogens is 516 g/mol. The number of aromatic nitrogens is 2. The van der Waals surface area contributed by atoms with E-state index < -0.39 is 0 Å². The van der Waals surface area contributed by atoms with Gasteiger partial charge in [-0.05, 0) is 50.5 Å². The van der Waals surface area contributed by atoms with E-state index >= 15 is 0 Å². The molecule has 1 aromatic carbocycles. The van der Waals surface area contributed by atoms with Crippen LogP contribution in [0.25, 0.3) is 11.4 Å². The molecule has 1 aromatic heterocycles. The SMILES string of the molecule is CC(=O)NCCNc1nc(-c2ccc(Cl)cc2)nc(NCCNC(=O)CCCCC2CCSS2)c1C. The first-order chi connectivity index (χ1) is 17.4. The number of carbonyl (C=O) groups is 2. The number of hydrogen-bond donors (Lipinski definition) is 4. The summed E-state index contributed by atoms with van der Waals surface area (Å²) in [6.45, 7) is 5.51. The van der Waals surface area contributed by atoms with Crippen LogP contribution in [0.15, 0.2) is 24.3 Å². The summed E-state index contributed by atoms with van der Waals surface area (Å²) in [6.07, 6.45) is 5.11. The van der Waals surface area contributed by atoms with Crippen LogP contribution < -0.4 is 21.3 Å². The van der Waals surface area contributed by atoms with Gasteiger partial charge in [0.1, 0.15) is 11.6 Å². The Labute approximate surface area is 226 Å². The quantitative estimate of drug-likeness (QED) is 0.194. The molecule has 2 aromatic rings. The minimum atomic E-state index is -0.0746. The lowest BCUT2D eigenvalue weighted by Crippen LogP contribution is -2.29. The summed E-state index contributed by atoms with van der Waals surface area (Å²) in [5.74, 6) is 3.21. The lowest BCUT2D eigenvalue weighted by Gasteiger charge is -2.16. The molecule has 196 valence electrons. The Balaban J connectivity index is 1.52. The van der Waals surface area contributed by atoms with Gasteiger partial charge in [-0.25, -0.2) is 9.97 Å². The Kier molecular flexibility index (Phi) is 12.0. The molecule has 0 radical (unpaired) electrons. The molecular formula is C25H35ClN6O2S2. The molecule has 0 bridgehead atoms. The molecule has 2 amide bonds. The number of nitrogens with one attached hydrogen (secondary N) is 4. The number of amides is 2. The van der Waals surface area contributed by atoms with Crippen LogP contribution >= 0.6 is 33.2 Å². The van der Waals surface area contributed by atoms with Gasteiger partial charge in [-0.3, -0.25) is 9.59 Å². The van der Waals surface area contributed by atoms with E-state index in [0.717, 1.165) is 29.2 Å². The number of anilines is 2. The summed E-state index contributed by atoms with van der Waals surface area (Å²) < 4.78 is 0. The highest BCUT2D eigenvalue weighted by molar-refractivity contribution is 8.77. The van der Waals surface area contributed by atoms with Crippen molar-refractivity contribution >= 4 is 56.6 Å². The number of unbranched alkanes of at least 4 members (excludes halogenated alkanes) is 1. The number of halogens is 1. The van der Waals surface area contributed by atoms with Gasteiger partial charge in [0.25, 0.3) is 0 Å². The van der Waals surface area contributed by atoms with Crippen molar-refractivity contribution in [2.45, 2.75) is 51.2 Å². The summed E-state index contributed by atoms with van der Waals surface area (Å²) in [5, 5.41) is 13.8. The molecule has 3 rings (SSSR count). The van der Waals surface area contributed by atoms with Gasteiger partial charge in [0, 0.05) is 66.7 Å². The summed E-state index contributed by atoms with van der Waals surface area (Å²) in [5.41, 5.74) is 1.71. The van der Waals surface area contributed by atoms with Crippen molar-refractivity contribution in [2.24, 2.45) is 0 Å². The van der Waals surface area contributed by atoms with Crippen LogP contribution in [0, 0.1) is 6.92 Å². The predicted octanol–water partition coefficient (Wildman–Crippen LogP) is 4.90. The zero-order valence-corrected chi connectivity index (χ0v) is 23.3. The summed E-state index contributed by atoms with van der Waals surface area (Å²) in [7, 11) is 3.96. The van der Waals surface area contributed by atoms with Gasteiger partial charge in [0.15, 0.2) is 5.82 Å². The Hall–Kier alpha value is -2.17. The molecule has 1 saturated heterocycles. The minimum Gasteiger partial charge on any atom is -0.368 e. The molecule has 1 unspecified atom stereocenters. The molecule has 1 aliphatic heterocycles. The van der Waals surface area contributed by atoms with Crippen molar-refractivity contribution < 1.29 is 9.59 Å². The van der Waals surface area contributed by atoms with Gasteiger partial charge < -0.3 is 21.3 Å². The first-order valence-corrected chi connectivity index (χ1v) is 15.1. The second-order valence-corrected chi connectivity index (χ2v) is 11.9. The van der Waals surface area contributed by atoms with Crippen molar-refractivity contribution in [3.05, 3.63) is 34.9 Å². The molecule has 0 aliphatic carbocycles. The Bertz CT molecular complexity index is 1000. The van der Waals surface area contributed by atoms with Crippen LogP contribution in [0.3, 0.4) is 0 Å². The maximum atomic E-state index is 12.2. The third-order valence-electron chi connectivity index (χ3n) is 5.69. The standard InChI is InChI=1S/C25H35ClN6O2S2/c1-17-23(29-14-12-27-18(2)33)31-25(19-7-9-20(26)10-8-19)32-24(17)30-15-13-28-22(34)6-4-3-5-21-11-16-35-36-21/h7-10,21H,3-6,11-16H2,1-2H3,(H,27,33)(H,28,34)(H2,29,30,31,32). The van der Waals surface area contributed by atoms with E-state index in [2.05, 4.69) is 26.3 Å². The third-order valence-corrected chi connectivity index (χ3v) is 8.95. The van der Waals surface area contributed by atoms with Gasteiger partial charge in [0.2, 0.25) is 11.8 Å². The smallest absolute Gasteiger partial charge is 0.220 e. The summed E-state index contributed by atoms with van der Waals surface area (Å²) in [6, 6.07) is 7.36. The highest BCUT2D eigenvalue weighted by atomic mass is 35.5. The summed E-state index contributed by atoms with van der Waals surface area (Å²) in [4.78, 5) is 32.8. The van der Waals surface area contributed by atoms with E-state index in [1.165, 1.54) is 25.5 Å². The first-order valence-electron chi connectivity index (χ1n) is 12.3. The van der Waals surface area contributed by atoms with E-state index in [0.29, 0.717) is 55.1 Å². The zero-order valence-electron chi connectivity index (χ0n) is 20.9. The molecule has 1 atom stereocenters. The van der Waals surface area contributed by atoms with Gasteiger partial charge >= 0.3 is 0 Å². The fraction of sp³-hybridized carbons (Fsp3) is 0.520. The van der Waals surface area contributed by atoms with E-state index in [9.17, 15) is 9.59 Å². The van der Waals surface area contributed by atoms with Crippen LogP contribution in [0.5, 0.6) is 0 Å². The normalized spacial score (nSPS) is 14.9. The molecule has 0 spiro atoms. The predicted molar refractivity (Wildman–Crippen MR) is 153 cm³/mol. The van der Waals surface area contributed by atoms with E-state index in [1.54, 1.807) is 12.1 Å². The highest BCUT2D eigenvalue weighted by Crippen LogP contribution is 2.39. The zero-order chi connectivity index (χ0) is 25.8. The lowest BCUT2D eigenvalue weighted by molar-refractivity contribution is -0.121. The van der Waals surface area contributed by atoms with Crippen molar-refractivity contribution in [1.82, 2.24) is 20.6 Å². The molecule has 8 nitrogen and oxygen atoms in total. The third kappa shape index (κ3) is 9.71. The maximum Gasteiger partial charge on any atom is 0.220 e. The number of carbonyl (C=O) groups excluding carboxylic acids is 2. The second-order valence-electron chi connectivity index (χ2n) is 8.64. The topological polar surface area (TPSA) is 108 Å². The largest absolute Gasteiger partial charge is 0.368 e. The van der Waals surface area contributed by atoms with E-state index in [1.807, 2.05) is 40.6 Å². The molecule has 1 aliphatic rings. The van der Waals surface area contributed by atoms with Crippen LogP contribution in [-0.2, 0) is 9.59 Å². The fourth-order valence-corrected chi connectivity index (χ4v) is 6.86. The average molecular weight is 551 g/mol. The second kappa shape index (κ2) is 15.2. The van der Waals surface area contributed by atoms with Crippen molar-refractivity contribution in [3.8, 4) is 11.4 Å². The minimum absolute atomic E-state index is 0.0746. The van der Waals surface area contributed by atoms with Crippen LogP contribution in [0.2, 0.25) is 5.02 Å². The van der Waals surface area contributed by atoms with E-state index in [4.69, 9.17) is 16.6 Å². The van der Waals surface area contributed by atoms with Gasteiger partial charge in [0.05, 0.1) is 0 Å². The molecule has 4 N–H and O–H groups in total. The molecule has 36 heavy (non-hydrogen) atoms. The molecule has 1 fully saturated rings. The van der Waals surface area contributed by atoms with Gasteiger partial charge in [-0.2, -0.15) is 0 Å². The number of benzene rings is 1. The Morgan fingerprint density at radius 3 is 2.28 bits per heavy atom. The Morgan fingerprint density at radius 1 is 1.00 bits per heavy atom. The fourth-order valence-electron chi connectivity index (χ4n) is 3.70. The van der Waals surface area contributed by atoms with Gasteiger partial charge in [-0.15, -0.1) is 0 Å². The van der Waals surface area contributed by atoms with E-state index in [-0.39, 0.29) is 11.8 Å². The highest BCUT2D eigenvalue weighted by Gasteiger charge is 2.16. The van der Waals surface area contributed by atoms with Crippen LogP contribution in [0.1, 0.15) is 44.6 Å². The number of hydrogen-bond acceptors (Lipinski definition) is 8. The maximum absolute atomic E-state index is 12.2. The first kappa shape index (κ1) is 28.4.